The maximum atomic E-state index is 14.3. The molecule has 0 aromatic heterocycles. The molecule has 3 N–H and O–H groups in total. The molecule has 1 aromatic carbocycles. The maximum Gasteiger partial charge on any atom is 0.319 e. The van der Waals surface area contributed by atoms with E-state index in [9.17, 15) is 9.18 Å². The van der Waals surface area contributed by atoms with Crippen molar-refractivity contribution in [3.8, 4) is 0 Å². The molecule has 0 spiro atoms. The van der Waals surface area contributed by atoms with Gasteiger partial charge in [0.05, 0.1) is 5.69 Å². The third kappa shape index (κ3) is 4.17. The van der Waals surface area contributed by atoms with E-state index in [4.69, 9.17) is 5.11 Å². The number of halogens is 1. The molecule has 2 amide bonds. The van der Waals surface area contributed by atoms with E-state index < -0.39 is 0 Å². The van der Waals surface area contributed by atoms with Crippen molar-refractivity contribution in [1.29, 1.82) is 0 Å². The first-order valence-corrected chi connectivity index (χ1v) is 8.88. The molecule has 2 fully saturated rings. The average Bonchev–Trinajstić information content (AvgIpc) is 3.10. The Labute approximate surface area is 142 Å². The number of nitrogens with one attached hydrogen (secondary N) is 2. The second-order valence-corrected chi connectivity index (χ2v) is 6.86. The Balaban J connectivity index is 1.52. The van der Waals surface area contributed by atoms with E-state index in [1.165, 1.54) is 6.07 Å². The Bertz CT molecular complexity index is 567. The van der Waals surface area contributed by atoms with Gasteiger partial charge in [0.2, 0.25) is 0 Å². The molecule has 24 heavy (non-hydrogen) atoms. The highest BCUT2D eigenvalue weighted by Crippen LogP contribution is 2.26. The van der Waals surface area contributed by atoms with Gasteiger partial charge in [-0.2, -0.15) is 0 Å². The molecule has 1 aliphatic heterocycles. The van der Waals surface area contributed by atoms with E-state index in [0.717, 1.165) is 51.6 Å². The minimum absolute atomic E-state index is 0.126. The van der Waals surface area contributed by atoms with Gasteiger partial charge in [-0.15, -0.1) is 0 Å². The lowest BCUT2D eigenvalue weighted by atomic mass is 9.87. The topological polar surface area (TPSA) is 64.6 Å². The number of anilines is 2. The smallest absolute Gasteiger partial charge is 0.319 e. The van der Waals surface area contributed by atoms with Crippen LogP contribution >= 0.6 is 0 Å². The lowest BCUT2D eigenvalue weighted by Gasteiger charge is -2.28. The lowest BCUT2D eigenvalue weighted by Crippen LogP contribution is -2.40. The number of carbonyl (C=O) groups excluding carboxylic acids is 1. The fraction of sp³-hybridized carbons (Fsp3) is 0.611. The Morgan fingerprint density at radius 2 is 1.92 bits per heavy atom. The van der Waals surface area contributed by atoms with Gasteiger partial charge in [0.25, 0.3) is 0 Å². The SMILES string of the molecule is O=C(Nc1ccc(N2CCCC2)c(F)c1)NC1CCC(CO)CC1. The minimum Gasteiger partial charge on any atom is -0.396 e. The summed E-state index contributed by atoms with van der Waals surface area (Å²) in [5, 5.41) is 14.8. The summed E-state index contributed by atoms with van der Waals surface area (Å²) in [5.74, 6) is 0.0662. The molecule has 1 aliphatic carbocycles. The van der Waals surface area contributed by atoms with E-state index in [0.29, 0.717) is 17.3 Å². The van der Waals surface area contributed by atoms with Crippen molar-refractivity contribution in [2.45, 2.75) is 44.6 Å². The van der Waals surface area contributed by atoms with E-state index in [1.54, 1.807) is 12.1 Å². The molecular formula is C18H26FN3O2. The summed E-state index contributed by atoms with van der Waals surface area (Å²) in [6, 6.07) is 4.70. The van der Waals surface area contributed by atoms with Gasteiger partial charge in [-0.05, 0) is 62.6 Å². The summed E-state index contributed by atoms with van der Waals surface area (Å²) in [7, 11) is 0. The molecule has 0 unspecified atom stereocenters. The minimum atomic E-state index is -0.296. The highest BCUT2D eigenvalue weighted by Gasteiger charge is 2.22. The van der Waals surface area contributed by atoms with E-state index in [1.807, 2.05) is 4.90 Å². The monoisotopic (exact) mass is 335 g/mol. The van der Waals surface area contributed by atoms with Gasteiger partial charge in [0, 0.05) is 31.4 Å². The molecule has 0 radical (unpaired) electrons. The van der Waals surface area contributed by atoms with E-state index >= 15 is 0 Å². The normalized spacial score (nSPS) is 24.0. The maximum absolute atomic E-state index is 14.3. The molecule has 2 aliphatic rings. The van der Waals surface area contributed by atoms with E-state index in [-0.39, 0.29) is 24.5 Å². The van der Waals surface area contributed by atoms with Crippen LogP contribution in [0, 0.1) is 11.7 Å². The van der Waals surface area contributed by atoms with Gasteiger partial charge in [-0.25, -0.2) is 9.18 Å². The van der Waals surface area contributed by atoms with Gasteiger partial charge in [-0.1, -0.05) is 0 Å². The van der Waals surface area contributed by atoms with Crippen molar-refractivity contribution in [1.82, 2.24) is 5.32 Å². The second kappa shape index (κ2) is 7.83. The Morgan fingerprint density at radius 1 is 1.21 bits per heavy atom. The average molecular weight is 335 g/mol. The van der Waals surface area contributed by atoms with Gasteiger partial charge in [-0.3, -0.25) is 0 Å². The van der Waals surface area contributed by atoms with Crippen LogP contribution in [0.4, 0.5) is 20.6 Å². The zero-order chi connectivity index (χ0) is 16.9. The van der Waals surface area contributed by atoms with Crippen molar-refractivity contribution in [2.24, 2.45) is 5.92 Å². The Kier molecular flexibility index (Phi) is 5.56. The van der Waals surface area contributed by atoms with Crippen LogP contribution in [0.2, 0.25) is 0 Å². The van der Waals surface area contributed by atoms with Crippen molar-refractivity contribution in [2.75, 3.05) is 29.9 Å². The summed E-state index contributed by atoms with van der Waals surface area (Å²) < 4.78 is 14.3. The first-order valence-electron chi connectivity index (χ1n) is 8.88. The van der Waals surface area contributed by atoms with Gasteiger partial charge in [0.1, 0.15) is 5.82 Å². The first-order chi connectivity index (χ1) is 11.7. The van der Waals surface area contributed by atoms with Gasteiger partial charge >= 0.3 is 6.03 Å². The molecule has 132 valence electrons. The molecule has 1 saturated heterocycles. The third-order valence-electron chi connectivity index (χ3n) is 5.09. The number of amides is 2. The van der Waals surface area contributed by atoms with Crippen LogP contribution in [0.15, 0.2) is 18.2 Å². The Hall–Kier alpha value is -1.82. The van der Waals surface area contributed by atoms with E-state index in [2.05, 4.69) is 10.6 Å². The molecule has 1 aromatic rings. The van der Waals surface area contributed by atoms with Crippen LogP contribution in [0.1, 0.15) is 38.5 Å². The molecule has 0 atom stereocenters. The Morgan fingerprint density at radius 3 is 2.54 bits per heavy atom. The molecule has 3 rings (SSSR count). The summed E-state index contributed by atoms with van der Waals surface area (Å²) in [6.07, 6.45) is 5.81. The van der Waals surface area contributed by atoms with Crippen molar-refractivity contribution >= 4 is 17.4 Å². The fourth-order valence-corrected chi connectivity index (χ4v) is 3.64. The van der Waals surface area contributed by atoms with Gasteiger partial charge in [0.15, 0.2) is 0 Å². The lowest BCUT2D eigenvalue weighted by molar-refractivity contribution is 0.176. The number of hydrogen-bond acceptors (Lipinski definition) is 3. The third-order valence-corrected chi connectivity index (χ3v) is 5.09. The van der Waals surface area contributed by atoms with Gasteiger partial charge < -0.3 is 20.6 Å². The summed E-state index contributed by atoms with van der Waals surface area (Å²) in [4.78, 5) is 14.1. The molecule has 0 bridgehead atoms. The predicted octanol–water partition coefficient (Wildman–Crippen LogP) is 3.10. The molecule has 6 heteroatoms. The predicted molar refractivity (Wildman–Crippen MR) is 92.8 cm³/mol. The fourth-order valence-electron chi connectivity index (χ4n) is 3.64. The van der Waals surface area contributed by atoms with Crippen LogP contribution < -0.4 is 15.5 Å². The standard InChI is InChI=1S/C18H26FN3O2/c19-16-11-15(7-8-17(16)22-9-1-2-10-22)21-18(24)20-14-5-3-13(12-23)4-6-14/h7-8,11,13-14,23H,1-6,9-10,12H2,(H2,20,21,24). The summed E-state index contributed by atoms with van der Waals surface area (Å²) in [5.41, 5.74) is 1.08. The quantitative estimate of drug-likeness (QED) is 0.792. The number of carbonyl (C=O) groups is 1. The largest absolute Gasteiger partial charge is 0.396 e. The van der Waals surface area contributed by atoms with Crippen LogP contribution in [0.5, 0.6) is 0 Å². The van der Waals surface area contributed by atoms with Crippen molar-refractivity contribution < 1.29 is 14.3 Å². The zero-order valence-electron chi connectivity index (χ0n) is 13.9. The number of urea groups is 1. The molecule has 1 saturated carbocycles. The summed E-state index contributed by atoms with van der Waals surface area (Å²) in [6.45, 7) is 2.00. The number of nitrogens with zero attached hydrogens (tertiary/aromatic N) is 1. The highest BCUT2D eigenvalue weighted by atomic mass is 19.1. The van der Waals surface area contributed by atoms with Crippen LogP contribution in [0.25, 0.3) is 0 Å². The molecule has 5 nitrogen and oxygen atoms in total. The van der Waals surface area contributed by atoms with Crippen molar-refractivity contribution in [3.63, 3.8) is 0 Å². The second-order valence-electron chi connectivity index (χ2n) is 6.86. The molecular weight excluding hydrogens is 309 g/mol. The number of hydrogen-bond donors (Lipinski definition) is 3. The number of rotatable bonds is 4. The number of aliphatic hydroxyl groups excluding tert-OH is 1. The zero-order valence-corrected chi connectivity index (χ0v) is 13.9. The molecule has 1 heterocycles. The number of aliphatic hydroxyl groups is 1. The van der Waals surface area contributed by atoms with Crippen LogP contribution in [-0.2, 0) is 0 Å². The van der Waals surface area contributed by atoms with Crippen molar-refractivity contribution in [3.05, 3.63) is 24.0 Å². The van der Waals surface area contributed by atoms with Crippen LogP contribution in [-0.4, -0.2) is 36.9 Å². The number of benzene rings is 1. The van der Waals surface area contributed by atoms with Crippen LogP contribution in [0.3, 0.4) is 0 Å². The first kappa shape index (κ1) is 17.0. The highest BCUT2D eigenvalue weighted by molar-refractivity contribution is 5.89. The summed E-state index contributed by atoms with van der Waals surface area (Å²) >= 11 is 0.